The quantitative estimate of drug-likeness (QED) is 0.724. The van der Waals surface area contributed by atoms with Crippen molar-refractivity contribution in [2.75, 3.05) is 20.1 Å². The van der Waals surface area contributed by atoms with E-state index in [4.69, 9.17) is 0 Å². The van der Waals surface area contributed by atoms with E-state index in [2.05, 4.69) is 27.0 Å². The van der Waals surface area contributed by atoms with Crippen molar-refractivity contribution in [2.45, 2.75) is 19.3 Å². The largest absolute Gasteiger partial charge is 0.306 e. The van der Waals surface area contributed by atoms with Crippen molar-refractivity contribution in [3.05, 3.63) is 42.5 Å². The first kappa shape index (κ1) is 16.8. The first-order valence-electron chi connectivity index (χ1n) is 9.04. The molecule has 3 aromatic rings. The van der Waals surface area contributed by atoms with Crippen LogP contribution in [0.1, 0.15) is 18.5 Å². The number of aromatic nitrogens is 4. The fourth-order valence-electron chi connectivity index (χ4n) is 3.53. The summed E-state index contributed by atoms with van der Waals surface area (Å²) in [5.41, 5.74) is 2.51. The number of nitrogens with zero attached hydrogens (tertiary/aromatic N) is 5. The van der Waals surface area contributed by atoms with Crippen molar-refractivity contribution < 1.29 is 4.79 Å². The number of hydrogen-bond donors (Lipinski definition) is 0. The minimum absolute atomic E-state index is 0.171. The van der Waals surface area contributed by atoms with Gasteiger partial charge in [-0.3, -0.25) is 19.4 Å². The van der Waals surface area contributed by atoms with E-state index >= 15 is 0 Å². The number of rotatable bonds is 4. The molecule has 0 N–H and O–H groups in total. The summed E-state index contributed by atoms with van der Waals surface area (Å²) in [4.78, 5) is 23.8. The summed E-state index contributed by atoms with van der Waals surface area (Å²) in [6.07, 6.45) is 7.84. The van der Waals surface area contributed by atoms with Gasteiger partial charge in [0.05, 0.1) is 5.69 Å². The molecule has 26 heavy (non-hydrogen) atoms. The van der Waals surface area contributed by atoms with Gasteiger partial charge in [0.2, 0.25) is 0 Å². The molecule has 6 nitrogen and oxygen atoms in total. The Morgan fingerprint density at radius 1 is 1.08 bits per heavy atom. The number of aryl methyl sites for hydroxylation is 1. The lowest BCUT2D eigenvalue weighted by molar-refractivity contribution is -0.123. The van der Waals surface area contributed by atoms with Crippen LogP contribution < -0.4 is 0 Å². The van der Waals surface area contributed by atoms with Crippen LogP contribution in [-0.2, 0) is 18.3 Å². The van der Waals surface area contributed by atoms with Crippen molar-refractivity contribution in [2.24, 2.45) is 13.0 Å². The van der Waals surface area contributed by atoms with Crippen LogP contribution >= 0.6 is 0 Å². The molecule has 0 saturated carbocycles. The fraction of sp³-hybridized carbons (Fsp3) is 0.400. The van der Waals surface area contributed by atoms with Crippen LogP contribution in [0.5, 0.6) is 0 Å². The summed E-state index contributed by atoms with van der Waals surface area (Å²) >= 11 is 0. The SMILES string of the molecule is CN1CCC(C(=O)Cc2cc3cc(-c4ccn(C)n4)ncc3cn2)CC1. The summed E-state index contributed by atoms with van der Waals surface area (Å²) in [6, 6.07) is 5.97. The average Bonchev–Trinajstić information content (AvgIpc) is 3.08. The number of carbonyl (C=O) groups excluding carboxylic acids is 1. The number of piperidine rings is 1. The first-order chi connectivity index (χ1) is 12.6. The number of pyridine rings is 2. The highest BCUT2D eigenvalue weighted by molar-refractivity contribution is 5.87. The van der Waals surface area contributed by atoms with Crippen LogP contribution in [0.2, 0.25) is 0 Å². The van der Waals surface area contributed by atoms with E-state index in [-0.39, 0.29) is 5.92 Å². The molecule has 0 atom stereocenters. The third-order valence-corrected chi connectivity index (χ3v) is 5.17. The Morgan fingerprint density at radius 3 is 2.58 bits per heavy atom. The van der Waals surface area contributed by atoms with E-state index in [1.54, 1.807) is 4.68 Å². The molecule has 0 amide bonds. The molecule has 1 fully saturated rings. The second kappa shape index (κ2) is 6.96. The monoisotopic (exact) mass is 349 g/mol. The molecule has 0 aromatic carbocycles. The van der Waals surface area contributed by atoms with Crippen molar-refractivity contribution in [1.82, 2.24) is 24.6 Å². The Morgan fingerprint density at radius 2 is 1.85 bits per heavy atom. The fourth-order valence-corrected chi connectivity index (χ4v) is 3.53. The molecular formula is C20H23N5O. The minimum atomic E-state index is 0.171. The van der Waals surface area contributed by atoms with Gasteiger partial charge >= 0.3 is 0 Å². The Bertz CT molecular complexity index is 940. The maximum absolute atomic E-state index is 12.6. The van der Waals surface area contributed by atoms with Gasteiger partial charge in [0, 0.05) is 49.1 Å². The van der Waals surface area contributed by atoms with E-state index in [9.17, 15) is 4.79 Å². The van der Waals surface area contributed by atoms with Crippen LogP contribution in [0.4, 0.5) is 0 Å². The van der Waals surface area contributed by atoms with Gasteiger partial charge in [-0.15, -0.1) is 0 Å². The van der Waals surface area contributed by atoms with E-state index in [1.807, 2.05) is 43.8 Å². The highest BCUT2D eigenvalue weighted by Gasteiger charge is 2.23. The van der Waals surface area contributed by atoms with Crippen molar-refractivity contribution in [3.63, 3.8) is 0 Å². The van der Waals surface area contributed by atoms with Crippen molar-refractivity contribution in [1.29, 1.82) is 0 Å². The Hall–Kier alpha value is -2.60. The predicted octanol–water partition coefficient (Wildman–Crippen LogP) is 2.48. The summed E-state index contributed by atoms with van der Waals surface area (Å²) in [7, 11) is 4.00. The summed E-state index contributed by atoms with van der Waals surface area (Å²) < 4.78 is 1.76. The molecule has 1 saturated heterocycles. The van der Waals surface area contributed by atoms with Crippen LogP contribution in [0, 0.1) is 5.92 Å². The van der Waals surface area contributed by atoms with Gasteiger partial charge in [0.1, 0.15) is 11.5 Å². The molecule has 134 valence electrons. The molecule has 3 aromatic heterocycles. The highest BCUT2D eigenvalue weighted by Crippen LogP contribution is 2.22. The molecule has 0 unspecified atom stereocenters. The predicted molar refractivity (Wildman–Crippen MR) is 101 cm³/mol. The zero-order valence-electron chi connectivity index (χ0n) is 15.2. The van der Waals surface area contributed by atoms with Crippen molar-refractivity contribution >= 4 is 16.6 Å². The second-order valence-electron chi connectivity index (χ2n) is 7.19. The Balaban J connectivity index is 1.55. The van der Waals surface area contributed by atoms with Gasteiger partial charge in [0.15, 0.2) is 0 Å². The number of hydrogen-bond acceptors (Lipinski definition) is 5. The summed E-state index contributed by atoms with van der Waals surface area (Å²) in [5, 5.41) is 6.42. The average molecular weight is 349 g/mol. The maximum Gasteiger partial charge on any atom is 0.142 e. The number of likely N-dealkylation sites (tertiary alicyclic amines) is 1. The third-order valence-electron chi connectivity index (χ3n) is 5.17. The number of Topliss-reactive ketones (excluding diaryl/α,β-unsaturated/α-hetero) is 1. The van der Waals surface area contributed by atoms with Gasteiger partial charge in [-0.1, -0.05) is 0 Å². The smallest absolute Gasteiger partial charge is 0.142 e. The maximum atomic E-state index is 12.6. The van der Waals surface area contributed by atoms with Crippen LogP contribution in [0.25, 0.3) is 22.2 Å². The van der Waals surface area contributed by atoms with Crippen molar-refractivity contribution in [3.8, 4) is 11.4 Å². The zero-order valence-corrected chi connectivity index (χ0v) is 15.2. The molecule has 6 heteroatoms. The normalized spacial score (nSPS) is 16.2. The number of ketones is 1. The van der Waals surface area contributed by atoms with Gasteiger partial charge in [-0.2, -0.15) is 5.10 Å². The summed E-state index contributed by atoms with van der Waals surface area (Å²) in [5.74, 6) is 0.481. The molecule has 0 bridgehead atoms. The van der Waals surface area contributed by atoms with Gasteiger partial charge in [-0.25, -0.2) is 0 Å². The Kier molecular flexibility index (Phi) is 4.51. The van der Waals surface area contributed by atoms with Gasteiger partial charge < -0.3 is 4.90 Å². The molecule has 4 rings (SSSR count). The van der Waals surface area contributed by atoms with E-state index in [0.29, 0.717) is 12.2 Å². The zero-order chi connectivity index (χ0) is 18.1. The lowest BCUT2D eigenvalue weighted by Crippen LogP contribution is -2.34. The lowest BCUT2D eigenvalue weighted by Gasteiger charge is -2.27. The van der Waals surface area contributed by atoms with Crippen LogP contribution in [0.15, 0.2) is 36.8 Å². The number of fused-ring (bicyclic) bond motifs is 1. The molecule has 0 radical (unpaired) electrons. The van der Waals surface area contributed by atoms with E-state index < -0.39 is 0 Å². The molecule has 1 aliphatic heterocycles. The Labute approximate surface area is 152 Å². The summed E-state index contributed by atoms with van der Waals surface area (Å²) in [6.45, 7) is 2.00. The van der Waals surface area contributed by atoms with E-state index in [0.717, 1.165) is 53.8 Å². The molecule has 0 aliphatic carbocycles. The molecule has 0 spiro atoms. The topological polar surface area (TPSA) is 63.9 Å². The first-order valence-corrected chi connectivity index (χ1v) is 9.04. The van der Waals surface area contributed by atoms with E-state index in [1.165, 1.54) is 0 Å². The molecule has 4 heterocycles. The highest BCUT2D eigenvalue weighted by atomic mass is 16.1. The van der Waals surface area contributed by atoms with Gasteiger partial charge in [-0.05, 0) is 56.6 Å². The van der Waals surface area contributed by atoms with Crippen LogP contribution in [0.3, 0.4) is 0 Å². The molecular weight excluding hydrogens is 326 g/mol. The lowest BCUT2D eigenvalue weighted by atomic mass is 9.90. The van der Waals surface area contributed by atoms with Crippen LogP contribution in [-0.4, -0.2) is 50.6 Å². The standard InChI is InChI=1S/C20H23N5O/c1-24-6-3-14(4-7-24)20(26)11-17-9-15-10-19(18-5-8-25(2)23-18)22-13-16(15)12-21-17/h5,8-10,12-14H,3-4,6-7,11H2,1-2H3. The number of carbonyl (C=O) groups is 1. The molecule has 1 aliphatic rings. The minimum Gasteiger partial charge on any atom is -0.306 e. The third kappa shape index (κ3) is 3.51. The second-order valence-corrected chi connectivity index (χ2v) is 7.19. The van der Waals surface area contributed by atoms with Gasteiger partial charge in [0.25, 0.3) is 0 Å².